The summed E-state index contributed by atoms with van der Waals surface area (Å²) in [6.45, 7) is 1.88. The number of fused-ring (bicyclic) bond motifs is 1. The fourth-order valence-corrected chi connectivity index (χ4v) is 4.66. The van der Waals surface area contributed by atoms with Crippen molar-refractivity contribution in [1.82, 2.24) is 5.43 Å². The van der Waals surface area contributed by atoms with Gasteiger partial charge in [0.2, 0.25) is 0 Å². The van der Waals surface area contributed by atoms with E-state index in [9.17, 15) is 24.5 Å². The van der Waals surface area contributed by atoms with E-state index in [0.29, 0.717) is 17.5 Å². The number of carbonyl (C=O) groups is 3. The largest absolute Gasteiger partial charge is 0.462 e. The smallest absolute Gasteiger partial charge is 0.341 e. The molecule has 0 saturated carbocycles. The molecule has 2 amide bonds. The van der Waals surface area contributed by atoms with Gasteiger partial charge in [0.1, 0.15) is 10.0 Å². The molecular formula is C20H19ClN4O6S. The van der Waals surface area contributed by atoms with E-state index < -0.39 is 22.7 Å². The van der Waals surface area contributed by atoms with E-state index in [1.165, 1.54) is 29.5 Å². The van der Waals surface area contributed by atoms with Crippen LogP contribution in [0.15, 0.2) is 23.3 Å². The molecule has 0 spiro atoms. The number of esters is 1. The Balaban J connectivity index is 1.70. The molecule has 1 heterocycles. The summed E-state index contributed by atoms with van der Waals surface area (Å²) < 4.78 is 5.12. The molecule has 0 atom stereocenters. The minimum absolute atomic E-state index is 0.0355. The van der Waals surface area contributed by atoms with E-state index in [4.69, 9.17) is 16.3 Å². The number of halogens is 1. The average Bonchev–Trinajstić information content (AvgIpc) is 3.12. The fourth-order valence-electron chi connectivity index (χ4n) is 3.20. The molecule has 0 radical (unpaired) electrons. The Hall–Kier alpha value is -3.31. The van der Waals surface area contributed by atoms with Crippen LogP contribution in [0.2, 0.25) is 5.02 Å². The van der Waals surface area contributed by atoms with E-state index in [0.717, 1.165) is 35.9 Å². The molecule has 168 valence electrons. The molecule has 0 saturated heterocycles. The molecule has 3 rings (SSSR count). The number of nitro benzene ring substituents is 1. The van der Waals surface area contributed by atoms with Gasteiger partial charge in [-0.1, -0.05) is 17.7 Å². The van der Waals surface area contributed by atoms with Gasteiger partial charge in [-0.05, 0) is 44.2 Å². The summed E-state index contributed by atoms with van der Waals surface area (Å²) in [5.41, 5.74) is 3.20. The zero-order valence-electron chi connectivity index (χ0n) is 17.0. The van der Waals surface area contributed by atoms with Crippen LogP contribution in [0, 0.1) is 10.1 Å². The number of nitrogens with zero attached hydrogens (tertiary/aromatic N) is 2. The van der Waals surface area contributed by atoms with Crippen molar-refractivity contribution in [2.24, 2.45) is 5.10 Å². The van der Waals surface area contributed by atoms with E-state index in [1.807, 2.05) is 0 Å². The lowest BCUT2D eigenvalue weighted by molar-refractivity contribution is -0.384. The van der Waals surface area contributed by atoms with Crippen LogP contribution in [-0.4, -0.2) is 35.5 Å². The van der Waals surface area contributed by atoms with Crippen molar-refractivity contribution in [3.63, 3.8) is 0 Å². The van der Waals surface area contributed by atoms with E-state index in [-0.39, 0.29) is 22.3 Å². The van der Waals surface area contributed by atoms with Crippen molar-refractivity contribution < 1.29 is 24.0 Å². The number of hydrazone groups is 1. The van der Waals surface area contributed by atoms with Gasteiger partial charge < -0.3 is 10.1 Å². The first-order valence-corrected chi connectivity index (χ1v) is 10.9. The number of hydrogen-bond donors (Lipinski definition) is 2. The van der Waals surface area contributed by atoms with E-state index >= 15 is 0 Å². The van der Waals surface area contributed by atoms with Gasteiger partial charge in [0, 0.05) is 16.5 Å². The van der Waals surface area contributed by atoms with Gasteiger partial charge in [-0.2, -0.15) is 5.10 Å². The summed E-state index contributed by atoms with van der Waals surface area (Å²) in [4.78, 5) is 48.2. The maximum Gasteiger partial charge on any atom is 0.341 e. The number of nitro groups is 1. The van der Waals surface area contributed by atoms with Crippen molar-refractivity contribution in [3.05, 3.63) is 54.9 Å². The van der Waals surface area contributed by atoms with E-state index in [1.54, 1.807) is 6.92 Å². The van der Waals surface area contributed by atoms with Crippen LogP contribution in [0.4, 0.5) is 10.7 Å². The lowest BCUT2D eigenvalue weighted by atomic mass is 9.95. The number of amides is 2. The van der Waals surface area contributed by atoms with Crippen molar-refractivity contribution in [2.75, 3.05) is 11.9 Å². The molecular weight excluding hydrogens is 460 g/mol. The maximum atomic E-state index is 12.4. The maximum absolute atomic E-state index is 12.4. The number of nitrogens with one attached hydrogen (secondary N) is 2. The predicted octanol–water partition coefficient (Wildman–Crippen LogP) is 3.45. The normalized spacial score (nSPS) is 12.8. The number of anilines is 1. The van der Waals surface area contributed by atoms with Gasteiger partial charge in [-0.3, -0.25) is 19.7 Å². The van der Waals surface area contributed by atoms with Crippen molar-refractivity contribution in [3.8, 4) is 0 Å². The summed E-state index contributed by atoms with van der Waals surface area (Å²) in [5, 5.41) is 17.3. The molecule has 0 aliphatic heterocycles. The standard InChI is InChI=1S/C20H19ClN4O6S/c1-2-31-20(28)16-12-5-3-4-6-15(12)32-19(16)23-17(26)18(27)24-22-10-11-7-8-13(21)14(9-11)25(29)30/h7-10H,2-6H2,1H3,(H,23,26)(H,24,27)/b22-10-. The summed E-state index contributed by atoms with van der Waals surface area (Å²) in [7, 11) is 0. The van der Waals surface area contributed by atoms with Gasteiger partial charge in [-0.15, -0.1) is 11.3 Å². The first-order valence-electron chi connectivity index (χ1n) is 9.71. The highest BCUT2D eigenvalue weighted by atomic mass is 35.5. The van der Waals surface area contributed by atoms with Crippen LogP contribution >= 0.6 is 22.9 Å². The SMILES string of the molecule is CCOC(=O)c1c(NC(=O)C(=O)N/N=C\c2ccc(Cl)c([N+](=O)[O-])c2)sc2c1CCCC2. The zero-order chi connectivity index (χ0) is 23.3. The Morgan fingerprint density at radius 2 is 2.03 bits per heavy atom. The lowest BCUT2D eigenvalue weighted by Gasteiger charge is -2.12. The first-order chi connectivity index (χ1) is 15.3. The third-order valence-electron chi connectivity index (χ3n) is 4.63. The summed E-state index contributed by atoms with van der Waals surface area (Å²) in [5.74, 6) is -2.61. The highest BCUT2D eigenvalue weighted by Gasteiger charge is 2.28. The Morgan fingerprint density at radius 3 is 2.75 bits per heavy atom. The molecule has 12 heteroatoms. The molecule has 0 fully saturated rings. The third kappa shape index (κ3) is 5.29. The van der Waals surface area contributed by atoms with Crippen LogP contribution in [0.1, 0.15) is 46.1 Å². The second kappa shape index (κ2) is 10.3. The topological polar surface area (TPSA) is 140 Å². The molecule has 2 N–H and O–H groups in total. The second-order valence-corrected chi connectivity index (χ2v) is 8.27. The highest BCUT2D eigenvalue weighted by Crippen LogP contribution is 2.38. The molecule has 10 nitrogen and oxygen atoms in total. The number of hydrogen-bond acceptors (Lipinski definition) is 8. The molecule has 1 aliphatic carbocycles. The Morgan fingerprint density at radius 1 is 1.28 bits per heavy atom. The molecule has 1 aromatic heterocycles. The van der Waals surface area contributed by atoms with Crippen LogP contribution in [0.25, 0.3) is 0 Å². The molecule has 1 aliphatic rings. The van der Waals surface area contributed by atoms with Crippen LogP contribution < -0.4 is 10.7 Å². The van der Waals surface area contributed by atoms with Gasteiger partial charge in [0.25, 0.3) is 5.69 Å². The molecule has 2 aromatic rings. The molecule has 0 unspecified atom stereocenters. The summed E-state index contributed by atoms with van der Waals surface area (Å²) in [6, 6.07) is 3.97. The number of thiophene rings is 1. The highest BCUT2D eigenvalue weighted by molar-refractivity contribution is 7.17. The number of ether oxygens (including phenoxy) is 1. The quantitative estimate of drug-likeness (QED) is 0.214. The van der Waals surface area contributed by atoms with Crippen LogP contribution in [0.5, 0.6) is 0 Å². The Kier molecular flexibility index (Phi) is 7.54. The summed E-state index contributed by atoms with van der Waals surface area (Å²) in [6.07, 6.45) is 4.57. The molecule has 0 bridgehead atoms. The molecule has 1 aromatic carbocycles. The van der Waals surface area contributed by atoms with Crippen LogP contribution in [0.3, 0.4) is 0 Å². The fraction of sp³-hybridized carbons (Fsp3) is 0.300. The first kappa shape index (κ1) is 23.4. The second-order valence-electron chi connectivity index (χ2n) is 6.76. The predicted molar refractivity (Wildman–Crippen MR) is 119 cm³/mol. The van der Waals surface area contributed by atoms with Gasteiger partial charge in [0.05, 0.1) is 23.3 Å². The van der Waals surface area contributed by atoms with Crippen molar-refractivity contribution in [2.45, 2.75) is 32.6 Å². The Labute approximate surface area is 191 Å². The lowest BCUT2D eigenvalue weighted by Crippen LogP contribution is -2.32. The number of benzene rings is 1. The van der Waals surface area contributed by atoms with Crippen LogP contribution in [-0.2, 0) is 27.2 Å². The number of rotatable bonds is 6. The van der Waals surface area contributed by atoms with E-state index in [2.05, 4.69) is 15.8 Å². The monoisotopic (exact) mass is 478 g/mol. The van der Waals surface area contributed by atoms with Gasteiger partial charge in [0.15, 0.2) is 0 Å². The Bertz CT molecular complexity index is 1110. The van der Waals surface area contributed by atoms with Crippen molar-refractivity contribution in [1.29, 1.82) is 0 Å². The average molecular weight is 479 g/mol. The third-order valence-corrected chi connectivity index (χ3v) is 6.16. The molecule has 32 heavy (non-hydrogen) atoms. The number of carbonyl (C=O) groups excluding carboxylic acids is 3. The zero-order valence-corrected chi connectivity index (χ0v) is 18.5. The van der Waals surface area contributed by atoms with Gasteiger partial charge >= 0.3 is 17.8 Å². The minimum atomic E-state index is -1.06. The number of aryl methyl sites for hydroxylation is 1. The summed E-state index contributed by atoms with van der Waals surface area (Å²) >= 11 is 7.01. The van der Waals surface area contributed by atoms with Crippen molar-refractivity contribution >= 4 is 57.6 Å². The minimum Gasteiger partial charge on any atom is -0.462 e. The van der Waals surface area contributed by atoms with Gasteiger partial charge in [-0.25, -0.2) is 10.2 Å².